The summed E-state index contributed by atoms with van der Waals surface area (Å²) < 4.78 is 5.51. The number of aliphatic hydroxyl groups is 2. The fourth-order valence-corrected chi connectivity index (χ4v) is 11.4. The van der Waals surface area contributed by atoms with Crippen LogP contribution in [0.5, 0.6) is 0 Å². The van der Waals surface area contributed by atoms with E-state index in [1.807, 2.05) is 6.08 Å². The molecule has 0 heterocycles. The van der Waals surface area contributed by atoms with Gasteiger partial charge in [0.05, 0.1) is 25.4 Å². The smallest absolute Gasteiger partial charge is 0.305 e. The van der Waals surface area contributed by atoms with Gasteiger partial charge in [-0.25, -0.2) is 0 Å². The zero-order valence-electron chi connectivity index (χ0n) is 55.2. The molecule has 1 amide bonds. The van der Waals surface area contributed by atoms with Crippen LogP contribution >= 0.6 is 0 Å². The van der Waals surface area contributed by atoms with Gasteiger partial charge in [-0.3, -0.25) is 9.59 Å². The number of nitrogens with one attached hydrogen (secondary N) is 1. The third-order valence-electron chi connectivity index (χ3n) is 17.1. The van der Waals surface area contributed by atoms with E-state index in [1.54, 1.807) is 6.08 Å². The molecule has 0 aliphatic carbocycles. The summed E-state index contributed by atoms with van der Waals surface area (Å²) in [6.07, 6.45) is 93.8. The van der Waals surface area contributed by atoms with Gasteiger partial charge in [0, 0.05) is 12.8 Å². The van der Waals surface area contributed by atoms with Gasteiger partial charge < -0.3 is 20.3 Å². The predicted octanol–water partition coefficient (Wildman–Crippen LogP) is 24.0. The average Bonchev–Trinajstić information content (AvgIpc) is 3.48. The van der Waals surface area contributed by atoms with Gasteiger partial charge in [-0.05, 0) is 89.9 Å². The van der Waals surface area contributed by atoms with Crippen molar-refractivity contribution in [1.82, 2.24) is 5.32 Å². The molecule has 0 radical (unpaired) electrons. The van der Waals surface area contributed by atoms with Gasteiger partial charge in [-0.2, -0.15) is 0 Å². The van der Waals surface area contributed by atoms with Crippen molar-refractivity contribution >= 4 is 11.9 Å². The van der Waals surface area contributed by atoms with Gasteiger partial charge in [-0.15, -0.1) is 0 Å². The number of rotatable bonds is 69. The van der Waals surface area contributed by atoms with Crippen LogP contribution in [0.3, 0.4) is 0 Å². The lowest BCUT2D eigenvalue weighted by Crippen LogP contribution is -2.45. The van der Waals surface area contributed by atoms with E-state index in [1.165, 1.54) is 321 Å². The number of hydrogen-bond donors (Lipinski definition) is 3. The number of amides is 1. The normalized spacial score (nSPS) is 12.8. The van der Waals surface area contributed by atoms with Crippen molar-refractivity contribution in [2.75, 3.05) is 13.2 Å². The number of carbonyl (C=O) groups excluding carboxylic acids is 2. The summed E-state index contributed by atoms with van der Waals surface area (Å²) >= 11 is 0. The fraction of sp³-hybridized carbons (Fsp3) is 0.868. The van der Waals surface area contributed by atoms with Crippen molar-refractivity contribution in [2.24, 2.45) is 0 Å². The standard InChI is InChI=1S/C76H143NO5/c1-3-5-7-9-11-13-14-15-16-17-37-41-44-47-50-54-58-62-66-70-76(81)82-71-67-63-59-55-51-48-45-42-39-36-34-32-30-28-26-24-22-20-18-19-21-23-25-27-29-31-33-35-38-40-43-46-49-53-57-61-65-69-75(80)77-73(72-78)74(79)68-64-60-56-52-12-10-8-6-4-2/h11,13,15-16,18,20,64,68,73-74,78-79H,3-10,12,14,17,19,21-63,65-67,69-72H2,1-2H3,(H,77,80)/b13-11-,16-15-,20-18-,68-64+. The molecule has 0 aromatic carbocycles. The third kappa shape index (κ3) is 67.0. The van der Waals surface area contributed by atoms with Gasteiger partial charge in [0.1, 0.15) is 0 Å². The molecule has 6 nitrogen and oxygen atoms in total. The van der Waals surface area contributed by atoms with E-state index in [9.17, 15) is 19.8 Å². The Morgan fingerprint density at radius 3 is 0.963 bits per heavy atom. The maximum atomic E-state index is 12.4. The van der Waals surface area contributed by atoms with Crippen LogP contribution in [0.4, 0.5) is 0 Å². The van der Waals surface area contributed by atoms with E-state index in [0.29, 0.717) is 19.4 Å². The van der Waals surface area contributed by atoms with Crippen LogP contribution in [0.25, 0.3) is 0 Å². The quantitative estimate of drug-likeness (QED) is 0.0320. The van der Waals surface area contributed by atoms with Crippen molar-refractivity contribution in [3.63, 3.8) is 0 Å². The lowest BCUT2D eigenvalue weighted by molar-refractivity contribution is -0.143. The van der Waals surface area contributed by atoms with E-state index in [4.69, 9.17) is 4.74 Å². The topological polar surface area (TPSA) is 95.9 Å². The Labute approximate surface area is 512 Å². The molecule has 482 valence electrons. The summed E-state index contributed by atoms with van der Waals surface area (Å²) in [5.74, 6) is -0.0480. The molecule has 3 N–H and O–H groups in total. The summed E-state index contributed by atoms with van der Waals surface area (Å²) in [6.45, 7) is 4.87. The summed E-state index contributed by atoms with van der Waals surface area (Å²) in [4.78, 5) is 24.5. The summed E-state index contributed by atoms with van der Waals surface area (Å²) in [7, 11) is 0. The Kier molecular flexibility index (Phi) is 69.4. The molecule has 82 heavy (non-hydrogen) atoms. The molecule has 6 heteroatoms. The van der Waals surface area contributed by atoms with Crippen molar-refractivity contribution < 1.29 is 24.5 Å². The average molecular weight is 1150 g/mol. The molecule has 0 saturated heterocycles. The van der Waals surface area contributed by atoms with Gasteiger partial charge in [-0.1, -0.05) is 345 Å². The molecule has 2 atom stereocenters. The minimum Gasteiger partial charge on any atom is -0.466 e. The zero-order chi connectivity index (χ0) is 59.2. The third-order valence-corrected chi connectivity index (χ3v) is 17.1. The molecule has 0 aliphatic rings. The maximum Gasteiger partial charge on any atom is 0.305 e. The van der Waals surface area contributed by atoms with Crippen molar-refractivity contribution in [3.05, 3.63) is 48.6 Å². The number of esters is 1. The Morgan fingerprint density at radius 2 is 0.610 bits per heavy atom. The van der Waals surface area contributed by atoms with Gasteiger partial charge in [0.15, 0.2) is 0 Å². The first-order chi connectivity index (χ1) is 40.5. The maximum absolute atomic E-state index is 12.4. The number of ether oxygens (including phenoxy) is 1. The first kappa shape index (κ1) is 79.8. The minimum atomic E-state index is -0.839. The van der Waals surface area contributed by atoms with E-state index >= 15 is 0 Å². The van der Waals surface area contributed by atoms with Gasteiger partial charge >= 0.3 is 5.97 Å². The van der Waals surface area contributed by atoms with Crippen LogP contribution in [-0.2, 0) is 14.3 Å². The molecular weight excluding hydrogens is 1010 g/mol. The highest BCUT2D eigenvalue weighted by atomic mass is 16.5. The van der Waals surface area contributed by atoms with Crippen LogP contribution < -0.4 is 5.32 Å². The number of allylic oxidation sites excluding steroid dienone is 7. The number of unbranched alkanes of at least 4 members (excludes halogenated alkanes) is 52. The van der Waals surface area contributed by atoms with Crippen LogP contribution in [0.1, 0.15) is 399 Å². The molecule has 0 aromatic rings. The summed E-state index contributed by atoms with van der Waals surface area (Å²) in [5, 5.41) is 23.0. The number of carbonyl (C=O) groups is 2. The van der Waals surface area contributed by atoms with E-state index < -0.39 is 12.1 Å². The highest BCUT2D eigenvalue weighted by molar-refractivity contribution is 5.76. The van der Waals surface area contributed by atoms with Crippen LogP contribution in [0.2, 0.25) is 0 Å². The number of hydrogen-bond acceptors (Lipinski definition) is 5. The van der Waals surface area contributed by atoms with Gasteiger partial charge in [0.25, 0.3) is 0 Å². The molecule has 2 unspecified atom stereocenters. The number of aliphatic hydroxyl groups excluding tert-OH is 2. The van der Waals surface area contributed by atoms with Crippen molar-refractivity contribution in [3.8, 4) is 0 Å². The Morgan fingerprint density at radius 1 is 0.341 bits per heavy atom. The molecule has 0 saturated carbocycles. The summed E-state index contributed by atoms with van der Waals surface area (Å²) in [6, 6.07) is -0.623. The highest BCUT2D eigenvalue weighted by Gasteiger charge is 2.18. The first-order valence-electron chi connectivity index (χ1n) is 36.9. The molecule has 0 spiro atoms. The largest absolute Gasteiger partial charge is 0.466 e. The first-order valence-corrected chi connectivity index (χ1v) is 36.9. The SMILES string of the molecule is CCCCC/C=C\C/C=C\CCCCCCCCCCCC(=O)OCCCCCCCCCCCCCCCCCC/C=C\CCCCCCCCCCCCCCCCCCCC(=O)NC(CO)C(O)/C=C/CCCCCCCCC. The molecule has 0 aliphatic heterocycles. The van der Waals surface area contributed by atoms with Crippen molar-refractivity contribution in [2.45, 2.75) is 411 Å². The molecule has 0 rings (SSSR count). The molecule has 0 aromatic heterocycles. The second kappa shape index (κ2) is 71.3. The van der Waals surface area contributed by atoms with Crippen LogP contribution in [0, 0.1) is 0 Å². The molecular formula is C76H143NO5. The molecule has 0 bridgehead atoms. The minimum absolute atomic E-state index is 0.0176. The second-order valence-corrected chi connectivity index (χ2v) is 25.3. The van der Waals surface area contributed by atoms with Gasteiger partial charge in [0.2, 0.25) is 5.91 Å². The summed E-state index contributed by atoms with van der Waals surface area (Å²) in [5.41, 5.74) is 0. The van der Waals surface area contributed by atoms with Crippen LogP contribution in [-0.4, -0.2) is 47.4 Å². The highest BCUT2D eigenvalue weighted by Crippen LogP contribution is 2.18. The monoisotopic (exact) mass is 1150 g/mol. The lowest BCUT2D eigenvalue weighted by Gasteiger charge is -2.20. The fourth-order valence-electron chi connectivity index (χ4n) is 11.4. The Hall–Kier alpha value is -2.18. The van der Waals surface area contributed by atoms with E-state index in [-0.39, 0.29) is 18.5 Å². The van der Waals surface area contributed by atoms with E-state index in [2.05, 4.69) is 55.6 Å². The predicted molar refractivity (Wildman–Crippen MR) is 361 cm³/mol. The zero-order valence-corrected chi connectivity index (χ0v) is 55.2. The second-order valence-electron chi connectivity index (χ2n) is 25.3. The van der Waals surface area contributed by atoms with Crippen LogP contribution in [0.15, 0.2) is 48.6 Å². The Balaban J connectivity index is 3.30. The lowest BCUT2D eigenvalue weighted by atomic mass is 10.0. The Bertz CT molecular complexity index is 1370. The molecule has 0 fully saturated rings. The van der Waals surface area contributed by atoms with E-state index in [0.717, 1.165) is 51.4 Å². The van der Waals surface area contributed by atoms with Crippen molar-refractivity contribution in [1.29, 1.82) is 0 Å².